The van der Waals surface area contributed by atoms with Crippen LogP contribution in [-0.2, 0) is 4.79 Å². The molecule has 1 heterocycles. The van der Waals surface area contributed by atoms with Gasteiger partial charge in [0.1, 0.15) is 23.7 Å². The number of amides is 2. The molecule has 5 nitrogen and oxygen atoms in total. The van der Waals surface area contributed by atoms with Crippen molar-refractivity contribution in [2.75, 3.05) is 45.8 Å². The number of benzene rings is 1. The zero-order valence-corrected chi connectivity index (χ0v) is 16.3. The Labute approximate surface area is 166 Å². The summed E-state index contributed by atoms with van der Waals surface area (Å²) in [6.45, 7) is 2.58. The number of rotatable bonds is 6. The van der Waals surface area contributed by atoms with Gasteiger partial charge < -0.3 is 9.80 Å². The van der Waals surface area contributed by atoms with Gasteiger partial charge in [0.15, 0.2) is 0 Å². The van der Waals surface area contributed by atoms with E-state index in [2.05, 4.69) is 0 Å². The summed E-state index contributed by atoms with van der Waals surface area (Å²) in [6, 6.07) is 3.15. The monoisotopic (exact) mass is 421 g/mol. The molecule has 1 fully saturated rings. The summed E-state index contributed by atoms with van der Waals surface area (Å²) in [6.07, 6.45) is -4.49. The molecule has 162 valence electrons. The second kappa shape index (κ2) is 9.51. The number of halogens is 5. The average Bonchev–Trinajstić information content (AvgIpc) is 2.60. The number of hydrogen-bond acceptors (Lipinski definition) is 3. The first-order valence-electron chi connectivity index (χ1n) is 9.28. The molecule has 0 aromatic heterocycles. The molecule has 0 N–H and O–H groups in total. The molecule has 1 saturated heterocycles. The predicted octanol–water partition coefficient (Wildman–Crippen LogP) is 2.77. The normalized spacial score (nSPS) is 15.7. The lowest BCUT2D eigenvalue weighted by Crippen LogP contribution is -2.52. The molecule has 1 aliphatic heterocycles. The zero-order chi connectivity index (χ0) is 21.8. The fourth-order valence-corrected chi connectivity index (χ4v) is 3.17. The van der Waals surface area contributed by atoms with Crippen LogP contribution in [-0.4, -0.2) is 78.5 Å². The molecule has 0 spiro atoms. The molecule has 0 saturated carbocycles. The van der Waals surface area contributed by atoms with Crippen LogP contribution in [0.2, 0.25) is 0 Å². The Bertz CT molecular complexity index is 711. The SMILES string of the molecule is CC(C)CN(CC(F)(F)F)C(=O)CN1CCN(C(=O)c2c(F)cccc2F)CC1. The van der Waals surface area contributed by atoms with Crippen LogP contribution in [0.3, 0.4) is 0 Å². The Morgan fingerprint density at radius 1 is 1.07 bits per heavy atom. The minimum absolute atomic E-state index is 0.0106. The van der Waals surface area contributed by atoms with E-state index in [1.165, 1.54) is 4.90 Å². The van der Waals surface area contributed by atoms with Crippen LogP contribution in [0.5, 0.6) is 0 Å². The van der Waals surface area contributed by atoms with Gasteiger partial charge in [-0.05, 0) is 18.1 Å². The van der Waals surface area contributed by atoms with Crippen molar-refractivity contribution in [3.8, 4) is 0 Å². The van der Waals surface area contributed by atoms with E-state index in [4.69, 9.17) is 0 Å². The van der Waals surface area contributed by atoms with Crippen molar-refractivity contribution in [2.24, 2.45) is 5.92 Å². The van der Waals surface area contributed by atoms with Gasteiger partial charge in [0.25, 0.3) is 5.91 Å². The summed E-state index contributed by atoms with van der Waals surface area (Å²) < 4.78 is 65.8. The molecule has 1 aromatic carbocycles. The molecular formula is C19H24F5N3O2. The third-order valence-corrected chi connectivity index (χ3v) is 4.50. The molecule has 0 radical (unpaired) electrons. The Hall–Kier alpha value is -2.23. The molecule has 10 heteroatoms. The van der Waals surface area contributed by atoms with Gasteiger partial charge >= 0.3 is 6.18 Å². The number of carbonyl (C=O) groups excluding carboxylic acids is 2. The van der Waals surface area contributed by atoms with Gasteiger partial charge in [0.05, 0.1) is 6.54 Å². The first-order chi connectivity index (χ1) is 13.5. The molecule has 0 atom stereocenters. The molecule has 2 rings (SSSR count). The zero-order valence-electron chi connectivity index (χ0n) is 16.3. The van der Waals surface area contributed by atoms with Crippen LogP contribution in [0.25, 0.3) is 0 Å². The first kappa shape index (κ1) is 23.1. The third-order valence-electron chi connectivity index (χ3n) is 4.50. The highest BCUT2D eigenvalue weighted by Crippen LogP contribution is 2.19. The van der Waals surface area contributed by atoms with Gasteiger partial charge in [-0.15, -0.1) is 0 Å². The van der Waals surface area contributed by atoms with Crippen molar-refractivity contribution in [2.45, 2.75) is 20.0 Å². The van der Waals surface area contributed by atoms with E-state index in [0.29, 0.717) is 0 Å². The summed E-state index contributed by atoms with van der Waals surface area (Å²) in [7, 11) is 0. The van der Waals surface area contributed by atoms with Gasteiger partial charge in [-0.2, -0.15) is 13.2 Å². The molecule has 1 aromatic rings. The van der Waals surface area contributed by atoms with E-state index in [0.717, 1.165) is 23.1 Å². The summed E-state index contributed by atoms with van der Waals surface area (Å²) in [4.78, 5) is 28.4. The van der Waals surface area contributed by atoms with Gasteiger partial charge in [0.2, 0.25) is 5.91 Å². The van der Waals surface area contributed by atoms with Gasteiger partial charge in [-0.1, -0.05) is 19.9 Å². The van der Waals surface area contributed by atoms with Crippen LogP contribution < -0.4 is 0 Å². The van der Waals surface area contributed by atoms with E-state index in [1.807, 2.05) is 0 Å². The second-order valence-corrected chi connectivity index (χ2v) is 7.45. The van der Waals surface area contributed by atoms with E-state index in [9.17, 15) is 31.5 Å². The van der Waals surface area contributed by atoms with Crippen LogP contribution in [0.4, 0.5) is 22.0 Å². The van der Waals surface area contributed by atoms with Crippen LogP contribution in [0, 0.1) is 17.6 Å². The highest BCUT2D eigenvalue weighted by molar-refractivity contribution is 5.94. The molecular weight excluding hydrogens is 397 g/mol. The van der Waals surface area contributed by atoms with Crippen molar-refractivity contribution in [1.82, 2.24) is 14.7 Å². The Balaban J connectivity index is 1.94. The summed E-state index contributed by atoms with van der Waals surface area (Å²) >= 11 is 0. The standard InChI is InChI=1S/C19H24F5N3O2/c1-13(2)10-27(12-19(22,23)24)16(28)11-25-6-8-26(9-7-25)18(29)17-14(20)4-3-5-15(17)21/h3-5,13H,6-12H2,1-2H3. The number of carbonyl (C=O) groups is 2. The molecule has 0 aliphatic carbocycles. The van der Waals surface area contributed by atoms with E-state index < -0.39 is 41.7 Å². The van der Waals surface area contributed by atoms with Crippen molar-refractivity contribution < 1.29 is 31.5 Å². The lowest BCUT2D eigenvalue weighted by atomic mass is 10.1. The topological polar surface area (TPSA) is 43.9 Å². The van der Waals surface area contributed by atoms with Crippen LogP contribution in [0.15, 0.2) is 18.2 Å². The highest BCUT2D eigenvalue weighted by atomic mass is 19.4. The maximum Gasteiger partial charge on any atom is 0.406 e. The summed E-state index contributed by atoms with van der Waals surface area (Å²) in [5, 5.41) is 0. The highest BCUT2D eigenvalue weighted by Gasteiger charge is 2.34. The molecule has 0 bridgehead atoms. The molecule has 0 unspecified atom stereocenters. The molecule has 1 aliphatic rings. The van der Waals surface area contributed by atoms with Gasteiger partial charge in [0, 0.05) is 32.7 Å². The largest absolute Gasteiger partial charge is 0.406 e. The number of hydrogen-bond donors (Lipinski definition) is 0. The van der Waals surface area contributed by atoms with Gasteiger partial charge in [-0.3, -0.25) is 14.5 Å². The number of alkyl halides is 3. The Kier molecular flexibility index (Phi) is 7.56. The Morgan fingerprint density at radius 3 is 2.10 bits per heavy atom. The lowest BCUT2D eigenvalue weighted by molar-refractivity contribution is -0.163. The van der Waals surface area contributed by atoms with Crippen molar-refractivity contribution in [3.63, 3.8) is 0 Å². The maximum atomic E-state index is 13.8. The van der Waals surface area contributed by atoms with Crippen LogP contribution in [0.1, 0.15) is 24.2 Å². The minimum Gasteiger partial charge on any atom is -0.336 e. The van der Waals surface area contributed by atoms with Crippen LogP contribution >= 0.6 is 0 Å². The lowest BCUT2D eigenvalue weighted by Gasteiger charge is -2.36. The average molecular weight is 421 g/mol. The van der Waals surface area contributed by atoms with Crippen molar-refractivity contribution >= 4 is 11.8 Å². The quantitative estimate of drug-likeness (QED) is 0.664. The molecule has 29 heavy (non-hydrogen) atoms. The molecule has 2 amide bonds. The maximum absolute atomic E-state index is 13.8. The number of piperazine rings is 1. The summed E-state index contributed by atoms with van der Waals surface area (Å²) in [5.74, 6) is -3.46. The smallest absolute Gasteiger partial charge is 0.336 e. The van der Waals surface area contributed by atoms with E-state index >= 15 is 0 Å². The predicted molar refractivity (Wildman–Crippen MR) is 96.2 cm³/mol. The fourth-order valence-electron chi connectivity index (χ4n) is 3.17. The van der Waals surface area contributed by atoms with Crippen molar-refractivity contribution in [1.29, 1.82) is 0 Å². The minimum atomic E-state index is -4.49. The number of nitrogens with zero attached hydrogens (tertiary/aromatic N) is 3. The summed E-state index contributed by atoms with van der Waals surface area (Å²) in [5.41, 5.74) is -0.634. The van der Waals surface area contributed by atoms with Gasteiger partial charge in [-0.25, -0.2) is 8.78 Å². The second-order valence-electron chi connectivity index (χ2n) is 7.45. The third kappa shape index (κ3) is 6.66. The van der Waals surface area contributed by atoms with E-state index in [1.54, 1.807) is 18.7 Å². The van der Waals surface area contributed by atoms with Crippen molar-refractivity contribution in [3.05, 3.63) is 35.4 Å². The van der Waals surface area contributed by atoms with E-state index in [-0.39, 0.29) is 45.2 Å². The Morgan fingerprint density at radius 2 is 1.62 bits per heavy atom. The fraction of sp³-hybridized carbons (Fsp3) is 0.579. The first-order valence-corrected chi connectivity index (χ1v) is 9.28.